The third-order valence-electron chi connectivity index (χ3n) is 6.63. The fourth-order valence-corrected chi connectivity index (χ4v) is 5.82. The average Bonchev–Trinajstić information content (AvgIpc) is 3.24. The predicted octanol–water partition coefficient (Wildman–Crippen LogP) is 3.25. The lowest BCUT2D eigenvalue weighted by molar-refractivity contribution is -0.129. The van der Waals surface area contributed by atoms with Gasteiger partial charge in [0.25, 0.3) is 0 Å². The molecule has 0 bridgehead atoms. The highest BCUT2D eigenvalue weighted by Crippen LogP contribution is 2.52. The van der Waals surface area contributed by atoms with Crippen LogP contribution < -0.4 is 0 Å². The van der Waals surface area contributed by atoms with Crippen LogP contribution in [0, 0.1) is 5.41 Å². The van der Waals surface area contributed by atoms with Gasteiger partial charge in [0.1, 0.15) is 0 Å². The fraction of sp³-hybridized carbons (Fsp3) is 0.750. The van der Waals surface area contributed by atoms with Crippen LogP contribution in [-0.2, 0) is 10.3 Å². The second-order valence-corrected chi connectivity index (χ2v) is 9.42. The lowest BCUT2D eigenvalue weighted by Crippen LogP contribution is -2.47. The fourth-order valence-electron chi connectivity index (χ4n) is 4.76. The first-order chi connectivity index (χ1) is 11.9. The maximum atomic E-state index is 11.9. The number of nitrogens with zero attached hydrogens (tertiary/aromatic N) is 3. The van der Waals surface area contributed by atoms with E-state index in [0.717, 1.165) is 13.1 Å². The normalized spacial score (nSPS) is 30.3. The number of likely N-dealkylation sites (tertiary alicyclic amines) is 1. The van der Waals surface area contributed by atoms with Crippen LogP contribution in [0.4, 0.5) is 0 Å². The highest BCUT2D eigenvalue weighted by molar-refractivity contribution is 7.10. The van der Waals surface area contributed by atoms with Crippen molar-refractivity contribution in [2.75, 3.05) is 47.8 Å². The first-order valence-electron chi connectivity index (χ1n) is 9.51. The average molecular weight is 364 g/mol. The van der Waals surface area contributed by atoms with Gasteiger partial charge in [0, 0.05) is 38.5 Å². The third-order valence-corrected chi connectivity index (χ3v) is 7.69. The molecule has 4 nitrogen and oxygen atoms in total. The monoisotopic (exact) mass is 363 g/mol. The first-order valence-corrected chi connectivity index (χ1v) is 10.4. The van der Waals surface area contributed by atoms with Gasteiger partial charge in [-0.3, -0.25) is 9.69 Å². The molecule has 1 aliphatic heterocycles. The molecular weight excluding hydrogens is 330 g/mol. The zero-order chi connectivity index (χ0) is 18.1. The second kappa shape index (κ2) is 7.37. The van der Waals surface area contributed by atoms with Crippen LogP contribution in [-0.4, -0.2) is 68.4 Å². The number of carbonyl (C=O) groups is 1. The molecule has 140 valence electrons. The Balaban J connectivity index is 1.59. The molecule has 2 fully saturated rings. The van der Waals surface area contributed by atoms with E-state index in [1.807, 2.05) is 25.4 Å². The van der Waals surface area contributed by atoms with Crippen LogP contribution in [0.15, 0.2) is 17.5 Å². The van der Waals surface area contributed by atoms with E-state index in [4.69, 9.17) is 0 Å². The van der Waals surface area contributed by atoms with Crippen molar-refractivity contribution in [1.82, 2.24) is 14.7 Å². The van der Waals surface area contributed by atoms with Crippen molar-refractivity contribution < 1.29 is 4.79 Å². The summed E-state index contributed by atoms with van der Waals surface area (Å²) in [4.78, 5) is 20.1. The van der Waals surface area contributed by atoms with E-state index in [9.17, 15) is 4.79 Å². The second-order valence-electron chi connectivity index (χ2n) is 8.47. The standard InChI is InChI=1S/C20H33N3OS/c1-21(2)18(24)7-13-23-14-12-19(16-23)8-10-20(11-9-19,22(3)4)17-6-5-15-25-17/h5-6,15H,7-14,16H2,1-4H3. The van der Waals surface area contributed by atoms with E-state index in [1.165, 1.54) is 43.5 Å². The summed E-state index contributed by atoms with van der Waals surface area (Å²) in [5.41, 5.74) is 0.714. The Bertz CT molecular complexity index is 574. The molecule has 1 saturated heterocycles. The van der Waals surface area contributed by atoms with Gasteiger partial charge in [0.2, 0.25) is 5.91 Å². The molecule has 2 aliphatic rings. The summed E-state index contributed by atoms with van der Waals surface area (Å²) in [5, 5.41) is 2.21. The molecular formula is C20H33N3OS. The van der Waals surface area contributed by atoms with Crippen LogP contribution >= 0.6 is 11.3 Å². The third kappa shape index (κ3) is 3.79. The van der Waals surface area contributed by atoms with Crippen molar-refractivity contribution in [3.05, 3.63) is 22.4 Å². The highest BCUT2D eigenvalue weighted by atomic mass is 32.1. The summed E-state index contributed by atoms with van der Waals surface area (Å²) in [5.74, 6) is 0.244. The number of hydrogen-bond acceptors (Lipinski definition) is 4. The summed E-state index contributed by atoms with van der Waals surface area (Å²) in [7, 11) is 8.18. The number of hydrogen-bond donors (Lipinski definition) is 0. The van der Waals surface area contributed by atoms with Crippen LogP contribution in [0.1, 0.15) is 43.4 Å². The van der Waals surface area contributed by atoms with E-state index in [2.05, 4.69) is 41.4 Å². The molecule has 1 aliphatic carbocycles. The lowest BCUT2D eigenvalue weighted by atomic mass is 9.66. The molecule has 1 amide bonds. The molecule has 3 rings (SSSR count). The minimum atomic E-state index is 0.230. The highest BCUT2D eigenvalue weighted by Gasteiger charge is 2.47. The Hall–Kier alpha value is -0.910. The van der Waals surface area contributed by atoms with E-state index in [1.54, 1.807) is 4.90 Å². The van der Waals surface area contributed by atoms with Crippen LogP contribution in [0.25, 0.3) is 0 Å². The quantitative estimate of drug-likeness (QED) is 0.803. The first kappa shape index (κ1) is 18.9. The summed E-state index contributed by atoms with van der Waals surface area (Å²) < 4.78 is 0. The predicted molar refractivity (Wildman–Crippen MR) is 105 cm³/mol. The molecule has 25 heavy (non-hydrogen) atoms. The van der Waals surface area contributed by atoms with Crippen LogP contribution in [0.3, 0.4) is 0 Å². The molecule has 2 heterocycles. The van der Waals surface area contributed by atoms with Gasteiger partial charge >= 0.3 is 0 Å². The number of thiophene rings is 1. The SMILES string of the molecule is CN(C)C(=O)CCN1CCC2(CCC(c3cccs3)(N(C)C)CC2)C1. The van der Waals surface area contributed by atoms with Gasteiger partial charge in [-0.05, 0) is 69.6 Å². The zero-order valence-electron chi connectivity index (χ0n) is 16.3. The van der Waals surface area contributed by atoms with Gasteiger partial charge in [-0.15, -0.1) is 11.3 Å². The molecule has 1 aromatic heterocycles. The Morgan fingerprint density at radius 2 is 1.88 bits per heavy atom. The van der Waals surface area contributed by atoms with E-state index >= 15 is 0 Å². The van der Waals surface area contributed by atoms with Gasteiger partial charge in [0.05, 0.1) is 5.54 Å². The van der Waals surface area contributed by atoms with E-state index < -0.39 is 0 Å². The van der Waals surface area contributed by atoms with Gasteiger partial charge in [0.15, 0.2) is 0 Å². The molecule has 1 spiro atoms. The van der Waals surface area contributed by atoms with Crippen molar-refractivity contribution in [2.45, 2.75) is 44.1 Å². The summed E-state index contributed by atoms with van der Waals surface area (Å²) in [6.45, 7) is 3.26. The lowest BCUT2D eigenvalue weighted by Gasteiger charge is -2.48. The van der Waals surface area contributed by atoms with Gasteiger partial charge in [-0.2, -0.15) is 0 Å². The van der Waals surface area contributed by atoms with Crippen molar-refractivity contribution >= 4 is 17.2 Å². The van der Waals surface area contributed by atoms with E-state index in [-0.39, 0.29) is 11.4 Å². The maximum Gasteiger partial charge on any atom is 0.223 e. The maximum absolute atomic E-state index is 11.9. The van der Waals surface area contributed by atoms with Gasteiger partial charge in [-0.25, -0.2) is 0 Å². The summed E-state index contributed by atoms with van der Waals surface area (Å²) >= 11 is 1.91. The smallest absolute Gasteiger partial charge is 0.223 e. The topological polar surface area (TPSA) is 26.8 Å². The van der Waals surface area contributed by atoms with Crippen LogP contribution in [0.5, 0.6) is 0 Å². The molecule has 0 N–H and O–H groups in total. The molecule has 5 heteroatoms. The van der Waals surface area contributed by atoms with Crippen LogP contribution in [0.2, 0.25) is 0 Å². The minimum Gasteiger partial charge on any atom is -0.349 e. The number of rotatable bonds is 5. The molecule has 0 atom stereocenters. The van der Waals surface area contributed by atoms with Gasteiger partial charge < -0.3 is 9.80 Å². The van der Waals surface area contributed by atoms with E-state index in [0.29, 0.717) is 11.8 Å². The summed E-state index contributed by atoms with van der Waals surface area (Å²) in [6.07, 6.45) is 7.08. The molecule has 1 saturated carbocycles. The molecule has 1 aromatic rings. The Kier molecular flexibility index (Phi) is 5.57. The Morgan fingerprint density at radius 3 is 2.44 bits per heavy atom. The Morgan fingerprint density at radius 1 is 1.16 bits per heavy atom. The van der Waals surface area contributed by atoms with Crippen molar-refractivity contribution in [1.29, 1.82) is 0 Å². The number of amides is 1. The van der Waals surface area contributed by atoms with Gasteiger partial charge in [-0.1, -0.05) is 6.07 Å². The Labute approximate surface area is 156 Å². The van der Waals surface area contributed by atoms with Crippen molar-refractivity contribution in [2.24, 2.45) is 5.41 Å². The van der Waals surface area contributed by atoms with Crippen molar-refractivity contribution in [3.8, 4) is 0 Å². The molecule has 0 aromatic carbocycles. The minimum absolute atomic E-state index is 0.230. The largest absolute Gasteiger partial charge is 0.349 e. The molecule has 0 unspecified atom stereocenters. The van der Waals surface area contributed by atoms with Crippen molar-refractivity contribution in [3.63, 3.8) is 0 Å². The molecule has 0 radical (unpaired) electrons. The summed E-state index contributed by atoms with van der Waals surface area (Å²) in [6, 6.07) is 4.51. The number of carbonyl (C=O) groups excluding carboxylic acids is 1. The zero-order valence-corrected chi connectivity index (χ0v) is 17.1.